The van der Waals surface area contributed by atoms with Gasteiger partial charge in [0.25, 0.3) is 0 Å². The van der Waals surface area contributed by atoms with E-state index in [9.17, 15) is 0 Å². The van der Waals surface area contributed by atoms with Crippen LogP contribution in [0.3, 0.4) is 0 Å². The van der Waals surface area contributed by atoms with Gasteiger partial charge in [0.1, 0.15) is 0 Å². The molecule has 1 fully saturated rings. The van der Waals surface area contributed by atoms with Gasteiger partial charge in [-0.1, -0.05) is 0 Å². The predicted molar refractivity (Wildman–Crippen MR) is 64.5 cm³/mol. The van der Waals surface area contributed by atoms with E-state index in [0.717, 1.165) is 32.0 Å². The molecule has 1 aliphatic rings. The molecule has 2 heterocycles. The molecule has 1 atom stereocenters. The van der Waals surface area contributed by atoms with Crippen molar-refractivity contribution in [1.82, 2.24) is 9.55 Å². The molecule has 90 valence electrons. The van der Waals surface area contributed by atoms with Crippen LogP contribution in [0.4, 0.5) is 5.95 Å². The largest absolute Gasteiger partial charge is 0.396 e. The Hall–Kier alpha value is -1.03. The van der Waals surface area contributed by atoms with Crippen LogP contribution in [0.25, 0.3) is 0 Å². The van der Waals surface area contributed by atoms with Gasteiger partial charge < -0.3 is 14.6 Å². The molecule has 4 nitrogen and oxygen atoms in total. The Morgan fingerprint density at radius 2 is 2.44 bits per heavy atom. The molecule has 0 radical (unpaired) electrons. The summed E-state index contributed by atoms with van der Waals surface area (Å²) < 4.78 is 2.18. The lowest BCUT2D eigenvalue weighted by molar-refractivity contribution is 0.243. The molecule has 0 saturated carbocycles. The summed E-state index contributed by atoms with van der Waals surface area (Å²) in [6, 6.07) is 0. The van der Waals surface area contributed by atoms with Crippen LogP contribution < -0.4 is 4.90 Å². The fourth-order valence-electron chi connectivity index (χ4n) is 2.50. The highest BCUT2D eigenvalue weighted by Crippen LogP contribution is 2.23. The number of hydrogen-bond donors (Lipinski definition) is 1. The zero-order chi connectivity index (χ0) is 11.4. The number of aryl methyl sites for hydroxylation is 1. The van der Waals surface area contributed by atoms with Gasteiger partial charge in [0.2, 0.25) is 5.95 Å². The van der Waals surface area contributed by atoms with Gasteiger partial charge in [0.15, 0.2) is 0 Å². The highest BCUT2D eigenvalue weighted by atomic mass is 16.3. The number of piperidine rings is 1. The molecule has 1 aromatic heterocycles. The summed E-state index contributed by atoms with van der Waals surface area (Å²) in [5.41, 5.74) is 0. The van der Waals surface area contributed by atoms with Crippen molar-refractivity contribution >= 4 is 5.95 Å². The Bertz CT molecular complexity index is 322. The molecule has 1 aromatic rings. The van der Waals surface area contributed by atoms with Gasteiger partial charge in [0, 0.05) is 38.6 Å². The molecule has 1 N–H and O–H groups in total. The van der Waals surface area contributed by atoms with Gasteiger partial charge in [-0.3, -0.25) is 0 Å². The molecular formula is C12H21N3O. The zero-order valence-electron chi connectivity index (χ0n) is 9.97. The van der Waals surface area contributed by atoms with Crippen LogP contribution in [0.15, 0.2) is 12.4 Å². The second kappa shape index (κ2) is 5.34. The minimum atomic E-state index is 0.306. The molecule has 4 heteroatoms. The first-order valence-corrected chi connectivity index (χ1v) is 6.22. The third kappa shape index (κ3) is 2.38. The molecule has 1 unspecified atom stereocenters. The van der Waals surface area contributed by atoms with Crippen LogP contribution in [-0.2, 0) is 6.54 Å². The first kappa shape index (κ1) is 11.5. The summed E-state index contributed by atoms with van der Waals surface area (Å²) in [5.74, 6) is 1.71. The van der Waals surface area contributed by atoms with Crippen molar-refractivity contribution in [3.05, 3.63) is 12.4 Å². The van der Waals surface area contributed by atoms with Crippen molar-refractivity contribution in [2.75, 3.05) is 24.6 Å². The van der Waals surface area contributed by atoms with E-state index >= 15 is 0 Å². The van der Waals surface area contributed by atoms with Crippen LogP contribution in [0.1, 0.15) is 26.2 Å². The maximum atomic E-state index is 9.00. The van der Waals surface area contributed by atoms with Gasteiger partial charge in [-0.15, -0.1) is 0 Å². The number of hydrogen-bond acceptors (Lipinski definition) is 3. The third-order valence-electron chi connectivity index (χ3n) is 3.37. The third-order valence-corrected chi connectivity index (χ3v) is 3.37. The maximum absolute atomic E-state index is 9.00. The standard InChI is InChI=1S/C12H21N3O/c1-2-14-8-6-13-12(14)15-7-3-4-11(10-15)5-9-16/h6,8,11,16H,2-5,7,9-10H2,1H3. The molecule has 0 amide bonds. The second-order valence-electron chi connectivity index (χ2n) is 4.48. The van der Waals surface area contributed by atoms with Crippen LogP contribution in [-0.4, -0.2) is 34.4 Å². The number of aromatic nitrogens is 2. The molecular weight excluding hydrogens is 202 g/mol. The SMILES string of the molecule is CCn1ccnc1N1CCCC(CCO)C1. The summed E-state index contributed by atoms with van der Waals surface area (Å²) >= 11 is 0. The Morgan fingerprint density at radius 1 is 1.56 bits per heavy atom. The molecule has 0 aliphatic carbocycles. The summed E-state index contributed by atoms with van der Waals surface area (Å²) in [4.78, 5) is 6.79. The van der Waals surface area contributed by atoms with E-state index in [1.54, 1.807) is 0 Å². The Kier molecular flexibility index (Phi) is 3.83. The first-order valence-electron chi connectivity index (χ1n) is 6.22. The van der Waals surface area contributed by atoms with Crippen LogP contribution in [0.5, 0.6) is 0 Å². The minimum Gasteiger partial charge on any atom is -0.396 e. The molecule has 0 spiro atoms. The van der Waals surface area contributed by atoms with E-state index in [1.165, 1.54) is 12.8 Å². The smallest absolute Gasteiger partial charge is 0.205 e. The average molecular weight is 223 g/mol. The fraction of sp³-hybridized carbons (Fsp3) is 0.750. The number of aliphatic hydroxyl groups excluding tert-OH is 1. The predicted octanol–water partition coefficient (Wildman–Crippen LogP) is 1.50. The highest BCUT2D eigenvalue weighted by molar-refractivity contribution is 5.32. The van der Waals surface area contributed by atoms with Gasteiger partial charge in [0.05, 0.1) is 0 Å². The zero-order valence-corrected chi connectivity index (χ0v) is 9.97. The maximum Gasteiger partial charge on any atom is 0.205 e. The Labute approximate surface area is 96.9 Å². The molecule has 0 bridgehead atoms. The monoisotopic (exact) mass is 223 g/mol. The van der Waals surface area contributed by atoms with Gasteiger partial charge in [-0.25, -0.2) is 4.98 Å². The molecule has 1 saturated heterocycles. The van der Waals surface area contributed by atoms with Crippen LogP contribution >= 0.6 is 0 Å². The molecule has 16 heavy (non-hydrogen) atoms. The fourth-order valence-corrected chi connectivity index (χ4v) is 2.50. The number of imidazole rings is 1. The first-order chi connectivity index (χ1) is 7.85. The van der Waals surface area contributed by atoms with Crippen LogP contribution in [0.2, 0.25) is 0 Å². The molecule has 1 aliphatic heterocycles. The van der Waals surface area contributed by atoms with Crippen molar-refractivity contribution in [3.63, 3.8) is 0 Å². The average Bonchev–Trinajstić information content (AvgIpc) is 2.78. The van der Waals surface area contributed by atoms with Crippen molar-refractivity contribution in [1.29, 1.82) is 0 Å². The summed E-state index contributed by atoms with van der Waals surface area (Å²) in [5, 5.41) is 9.00. The molecule has 0 aromatic carbocycles. The number of nitrogens with zero attached hydrogens (tertiary/aromatic N) is 3. The number of aliphatic hydroxyl groups is 1. The Morgan fingerprint density at radius 3 is 3.19 bits per heavy atom. The quantitative estimate of drug-likeness (QED) is 0.841. The lowest BCUT2D eigenvalue weighted by Gasteiger charge is -2.33. The van der Waals surface area contributed by atoms with Crippen molar-refractivity contribution < 1.29 is 5.11 Å². The van der Waals surface area contributed by atoms with Gasteiger partial charge >= 0.3 is 0 Å². The Balaban J connectivity index is 2.03. The lowest BCUT2D eigenvalue weighted by Crippen LogP contribution is -2.37. The van der Waals surface area contributed by atoms with E-state index in [0.29, 0.717) is 12.5 Å². The second-order valence-corrected chi connectivity index (χ2v) is 4.48. The van der Waals surface area contributed by atoms with Crippen molar-refractivity contribution in [3.8, 4) is 0 Å². The summed E-state index contributed by atoms with van der Waals surface area (Å²) in [7, 11) is 0. The lowest BCUT2D eigenvalue weighted by atomic mass is 9.95. The van der Waals surface area contributed by atoms with Crippen molar-refractivity contribution in [2.24, 2.45) is 5.92 Å². The summed E-state index contributed by atoms with van der Waals surface area (Å²) in [6.45, 7) is 5.55. The van der Waals surface area contributed by atoms with E-state index in [2.05, 4.69) is 21.4 Å². The topological polar surface area (TPSA) is 41.3 Å². The highest BCUT2D eigenvalue weighted by Gasteiger charge is 2.21. The minimum absolute atomic E-state index is 0.306. The van der Waals surface area contributed by atoms with E-state index in [-0.39, 0.29) is 0 Å². The van der Waals surface area contributed by atoms with Crippen LogP contribution in [0, 0.1) is 5.92 Å². The normalized spacial score (nSPS) is 21.4. The van der Waals surface area contributed by atoms with E-state index < -0.39 is 0 Å². The molecule has 2 rings (SSSR count). The van der Waals surface area contributed by atoms with E-state index in [1.807, 2.05) is 12.4 Å². The number of anilines is 1. The summed E-state index contributed by atoms with van der Waals surface area (Å²) in [6.07, 6.45) is 7.27. The van der Waals surface area contributed by atoms with E-state index in [4.69, 9.17) is 5.11 Å². The van der Waals surface area contributed by atoms with Crippen molar-refractivity contribution in [2.45, 2.75) is 32.7 Å². The van der Waals surface area contributed by atoms with Gasteiger partial charge in [-0.05, 0) is 32.1 Å². The number of rotatable bonds is 4. The van der Waals surface area contributed by atoms with Gasteiger partial charge in [-0.2, -0.15) is 0 Å².